The van der Waals surface area contributed by atoms with Crippen molar-refractivity contribution in [2.24, 2.45) is 34.0 Å². The molecule has 0 aliphatic heterocycles. The Morgan fingerprint density at radius 3 is 2.35 bits per heavy atom. The summed E-state index contributed by atoms with van der Waals surface area (Å²) in [5.41, 5.74) is 0.621. The van der Waals surface area contributed by atoms with Gasteiger partial charge in [-0.05, 0) is 72.7 Å². The number of hydrogen-bond donors (Lipinski definition) is 3. The Bertz CT molecular complexity index is 541. The monoisotopic (exact) mass is 320 g/mol. The van der Waals surface area contributed by atoms with Crippen molar-refractivity contribution in [2.75, 3.05) is 0 Å². The lowest BCUT2D eigenvalue weighted by Crippen LogP contribution is -2.64. The molecule has 4 rings (SSSR count). The van der Waals surface area contributed by atoms with E-state index in [2.05, 4.69) is 27.4 Å². The van der Waals surface area contributed by atoms with Crippen LogP contribution in [-0.4, -0.2) is 33.6 Å². The molecule has 0 amide bonds. The number of hydrogen-bond acceptors (Lipinski definition) is 3. The van der Waals surface area contributed by atoms with Gasteiger partial charge in [0.2, 0.25) is 0 Å². The van der Waals surface area contributed by atoms with E-state index in [0.717, 1.165) is 37.7 Å². The second kappa shape index (κ2) is 4.62. The van der Waals surface area contributed by atoms with E-state index in [9.17, 15) is 15.3 Å². The summed E-state index contributed by atoms with van der Waals surface area (Å²) in [6, 6.07) is 0. The van der Waals surface area contributed by atoms with Gasteiger partial charge < -0.3 is 15.3 Å². The fourth-order valence-electron chi connectivity index (χ4n) is 8.05. The maximum atomic E-state index is 11.1. The van der Waals surface area contributed by atoms with Crippen molar-refractivity contribution in [3.05, 3.63) is 12.2 Å². The van der Waals surface area contributed by atoms with Gasteiger partial charge in [-0.3, -0.25) is 0 Å². The highest BCUT2D eigenvalue weighted by molar-refractivity contribution is 5.28. The Kier molecular flexibility index (Phi) is 3.23. The van der Waals surface area contributed by atoms with Crippen LogP contribution in [0.15, 0.2) is 12.2 Å². The van der Waals surface area contributed by atoms with Crippen molar-refractivity contribution in [1.29, 1.82) is 0 Å². The third kappa shape index (κ3) is 1.88. The largest absolute Gasteiger partial charge is 0.393 e. The lowest BCUT2D eigenvalue weighted by Gasteiger charge is -2.66. The fraction of sp³-hybridized carbons (Fsp3) is 0.900. The molecule has 3 N–H and O–H groups in total. The van der Waals surface area contributed by atoms with Crippen LogP contribution >= 0.6 is 0 Å². The minimum Gasteiger partial charge on any atom is -0.393 e. The molecule has 4 saturated carbocycles. The van der Waals surface area contributed by atoms with E-state index < -0.39 is 12.2 Å². The summed E-state index contributed by atoms with van der Waals surface area (Å²) in [5.74, 6) is 1.00. The highest BCUT2D eigenvalue weighted by Gasteiger charge is 2.69. The molecule has 4 aliphatic rings. The summed E-state index contributed by atoms with van der Waals surface area (Å²) in [6.07, 6.45) is 4.25. The van der Waals surface area contributed by atoms with Crippen LogP contribution in [0.25, 0.3) is 0 Å². The quantitative estimate of drug-likeness (QED) is 0.602. The van der Waals surface area contributed by atoms with Crippen molar-refractivity contribution in [3.8, 4) is 0 Å². The first kappa shape index (κ1) is 16.1. The standard InChI is InChI=1S/C20H32O3/c1-11-12-5-6-15-19(4)9-13(21)8-18(2,3)16(19)14(22)10-20(15,7-12)17(11)23/h12-17,21-23H,1,5-10H2,2-4H3/t12-,13?,14?,15-,16+,17?,19-,20-/m1/s1. The molecule has 3 heteroatoms. The SMILES string of the molecule is C=C1C(O)[C@]23CC(O)[C@H]4C(C)(C)CC(O)C[C@]4(C)[C@H]2CC[C@@H]1C3. The molecule has 0 aromatic heterocycles. The second-order valence-electron chi connectivity index (χ2n) is 10.0. The summed E-state index contributed by atoms with van der Waals surface area (Å²) < 4.78 is 0. The Labute approximate surface area is 139 Å². The van der Waals surface area contributed by atoms with Crippen LogP contribution in [0.3, 0.4) is 0 Å². The van der Waals surface area contributed by atoms with E-state index in [1.807, 2.05) is 0 Å². The smallest absolute Gasteiger partial charge is 0.0810 e. The normalized spacial score (nSPS) is 57.7. The highest BCUT2D eigenvalue weighted by Crippen LogP contribution is 2.71. The first-order valence-electron chi connectivity index (χ1n) is 9.35. The van der Waals surface area contributed by atoms with Gasteiger partial charge in [0.15, 0.2) is 0 Å². The molecule has 23 heavy (non-hydrogen) atoms. The highest BCUT2D eigenvalue weighted by atomic mass is 16.3. The van der Waals surface area contributed by atoms with Gasteiger partial charge in [-0.1, -0.05) is 27.4 Å². The maximum absolute atomic E-state index is 11.1. The minimum absolute atomic E-state index is 0.0646. The number of rotatable bonds is 0. The van der Waals surface area contributed by atoms with E-state index in [0.29, 0.717) is 18.3 Å². The molecule has 130 valence electrons. The fourth-order valence-corrected chi connectivity index (χ4v) is 8.05. The summed E-state index contributed by atoms with van der Waals surface area (Å²) in [5, 5.41) is 32.7. The first-order chi connectivity index (χ1) is 10.6. The van der Waals surface area contributed by atoms with Crippen molar-refractivity contribution >= 4 is 0 Å². The molecule has 1 spiro atoms. The van der Waals surface area contributed by atoms with Gasteiger partial charge in [-0.2, -0.15) is 0 Å². The van der Waals surface area contributed by atoms with Crippen LogP contribution in [0.5, 0.6) is 0 Å². The lowest BCUT2D eigenvalue weighted by atomic mass is 9.40. The zero-order valence-electron chi connectivity index (χ0n) is 14.8. The van der Waals surface area contributed by atoms with Gasteiger partial charge in [0, 0.05) is 5.41 Å². The average molecular weight is 320 g/mol. The van der Waals surface area contributed by atoms with Gasteiger partial charge in [-0.15, -0.1) is 0 Å². The molecule has 0 aromatic rings. The van der Waals surface area contributed by atoms with Crippen LogP contribution in [-0.2, 0) is 0 Å². The summed E-state index contributed by atoms with van der Waals surface area (Å²) in [4.78, 5) is 0. The summed E-state index contributed by atoms with van der Waals surface area (Å²) in [7, 11) is 0. The predicted molar refractivity (Wildman–Crippen MR) is 89.7 cm³/mol. The predicted octanol–water partition coefficient (Wildman–Crippen LogP) is 2.89. The van der Waals surface area contributed by atoms with Crippen molar-refractivity contribution in [3.63, 3.8) is 0 Å². The first-order valence-corrected chi connectivity index (χ1v) is 9.35. The van der Waals surface area contributed by atoms with Crippen molar-refractivity contribution < 1.29 is 15.3 Å². The van der Waals surface area contributed by atoms with E-state index >= 15 is 0 Å². The zero-order chi connectivity index (χ0) is 16.8. The maximum Gasteiger partial charge on any atom is 0.0810 e. The Morgan fingerprint density at radius 1 is 0.957 bits per heavy atom. The molecule has 0 saturated heterocycles. The molecule has 8 atom stereocenters. The van der Waals surface area contributed by atoms with Gasteiger partial charge >= 0.3 is 0 Å². The third-order valence-corrected chi connectivity index (χ3v) is 8.30. The van der Waals surface area contributed by atoms with Crippen molar-refractivity contribution in [2.45, 2.75) is 77.6 Å². The van der Waals surface area contributed by atoms with Crippen LogP contribution in [0.2, 0.25) is 0 Å². The Morgan fingerprint density at radius 2 is 1.65 bits per heavy atom. The van der Waals surface area contributed by atoms with E-state index in [1.54, 1.807) is 0 Å². The molecular weight excluding hydrogens is 288 g/mol. The van der Waals surface area contributed by atoms with Crippen LogP contribution in [0.1, 0.15) is 59.3 Å². The summed E-state index contributed by atoms with van der Waals surface area (Å²) in [6.45, 7) is 10.9. The number of fused-ring (bicyclic) bond motifs is 3. The Balaban J connectivity index is 1.83. The van der Waals surface area contributed by atoms with Crippen LogP contribution < -0.4 is 0 Å². The molecular formula is C20H32O3. The molecule has 3 nitrogen and oxygen atoms in total. The topological polar surface area (TPSA) is 60.7 Å². The Hall–Kier alpha value is -0.380. The molecule has 2 bridgehead atoms. The average Bonchev–Trinajstić information content (AvgIpc) is 2.57. The van der Waals surface area contributed by atoms with Crippen molar-refractivity contribution in [1.82, 2.24) is 0 Å². The van der Waals surface area contributed by atoms with Gasteiger partial charge in [0.1, 0.15) is 0 Å². The minimum atomic E-state index is -0.477. The third-order valence-electron chi connectivity index (χ3n) is 8.30. The molecule has 0 aromatic carbocycles. The lowest BCUT2D eigenvalue weighted by molar-refractivity contribution is -0.229. The van der Waals surface area contributed by atoms with Gasteiger partial charge in [-0.25, -0.2) is 0 Å². The van der Waals surface area contributed by atoms with Crippen LogP contribution in [0, 0.1) is 34.0 Å². The summed E-state index contributed by atoms with van der Waals surface area (Å²) >= 11 is 0. The van der Waals surface area contributed by atoms with Crippen LogP contribution in [0.4, 0.5) is 0 Å². The second-order valence-corrected chi connectivity index (χ2v) is 10.0. The molecule has 0 radical (unpaired) electrons. The zero-order valence-corrected chi connectivity index (χ0v) is 14.8. The van der Waals surface area contributed by atoms with E-state index in [-0.39, 0.29) is 28.3 Å². The van der Waals surface area contributed by atoms with Gasteiger partial charge in [0.25, 0.3) is 0 Å². The number of aliphatic hydroxyl groups is 3. The molecule has 0 heterocycles. The molecule has 4 fully saturated rings. The molecule has 3 unspecified atom stereocenters. The van der Waals surface area contributed by atoms with Gasteiger partial charge in [0.05, 0.1) is 18.3 Å². The van der Waals surface area contributed by atoms with E-state index in [1.165, 1.54) is 0 Å². The molecule has 4 aliphatic carbocycles. The number of aliphatic hydroxyl groups excluding tert-OH is 3. The van der Waals surface area contributed by atoms with E-state index in [4.69, 9.17) is 0 Å².